The van der Waals surface area contributed by atoms with Crippen molar-refractivity contribution in [1.29, 1.82) is 5.26 Å². The molecule has 132 valence electrons. The minimum absolute atomic E-state index is 0.158. The van der Waals surface area contributed by atoms with Crippen molar-refractivity contribution in [2.75, 3.05) is 0 Å². The van der Waals surface area contributed by atoms with E-state index in [9.17, 15) is 5.26 Å². The lowest BCUT2D eigenvalue weighted by Gasteiger charge is -2.11. The fourth-order valence-electron chi connectivity index (χ4n) is 2.96. The molecule has 1 saturated carbocycles. The van der Waals surface area contributed by atoms with Crippen LogP contribution in [0.15, 0.2) is 46.9 Å². The summed E-state index contributed by atoms with van der Waals surface area (Å²) in [6.07, 6.45) is 3.90. The van der Waals surface area contributed by atoms with Crippen molar-refractivity contribution in [2.45, 2.75) is 49.1 Å². The van der Waals surface area contributed by atoms with Crippen molar-refractivity contribution in [3.8, 4) is 6.07 Å². The maximum atomic E-state index is 9.64. The molecule has 1 aliphatic rings. The van der Waals surface area contributed by atoms with Gasteiger partial charge in [-0.3, -0.25) is 0 Å². The molecule has 0 bridgehead atoms. The molecule has 1 unspecified atom stereocenters. The third-order valence-corrected chi connectivity index (χ3v) is 6.42. The Balaban J connectivity index is 1.52. The summed E-state index contributed by atoms with van der Waals surface area (Å²) in [6.45, 7) is 2.08. The zero-order chi connectivity index (χ0) is 17.9. The van der Waals surface area contributed by atoms with Crippen LogP contribution in [0, 0.1) is 18.3 Å². The summed E-state index contributed by atoms with van der Waals surface area (Å²) in [7, 11) is 0. The molecule has 0 spiro atoms. The Hall–Kier alpha value is -2.10. The van der Waals surface area contributed by atoms with Gasteiger partial charge in [-0.25, -0.2) is 0 Å². The average Bonchev–Trinajstić information content (AvgIpc) is 3.20. The summed E-state index contributed by atoms with van der Waals surface area (Å²) in [5.41, 5.74) is 2.42. The second-order valence-electron chi connectivity index (χ2n) is 6.68. The van der Waals surface area contributed by atoms with E-state index in [-0.39, 0.29) is 5.25 Å². The van der Waals surface area contributed by atoms with Crippen LogP contribution < -0.4 is 0 Å². The largest absolute Gasteiger partial charge is 0.303 e. The Kier molecular flexibility index (Phi) is 5.09. The summed E-state index contributed by atoms with van der Waals surface area (Å²) >= 11 is 3.30. The molecule has 1 aromatic carbocycles. The Bertz CT molecular complexity index is 902. The predicted octanol–water partition coefficient (Wildman–Crippen LogP) is 4.80. The highest BCUT2D eigenvalue weighted by molar-refractivity contribution is 8.00. The van der Waals surface area contributed by atoms with Crippen molar-refractivity contribution in [1.82, 2.24) is 14.8 Å². The van der Waals surface area contributed by atoms with Gasteiger partial charge in [0, 0.05) is 17.3 Å². The summed E-state index contributed by atoms with van der Waals surface area (Å²) < 4.78 is 2.27. The van der Waals surface area contributed by atoms with E-state index < -0.39 is 0 Å². The maximum absolute atomic E-state index is 9.64. The second-order valence-corrected chi connectivity index (χ2v) is 8.88. The van der Waals surface area contributed by atoms with Crippen LogP contribution in [0.2, 0.25) is 0 Å². The van der Waals surface area contributed by atoms with E-state index in [1.807, 2.05) is 0 Å². The van der Waals surface area contributed by atoms with Crippen LogP contribution in [-0.2, 0) is 12.8 Å². The lowest BCUT2D eigenvalue weighted by molar-refractivity contribution is 0.634. The molecule has 26 heavy (non-hydrogen) atoms. The molecule has 6 heteroatoms. The molecule has 3 aromatic rings. The molecule has 4 nitrogen and oxygen atoms in total. The van der Waals surface area contributed by atoms with Gasteiger partial charge in [0.25, 0.3) is 0 Å². The van der Waals surface area contributed by atoms with Crippen LogP contribution in [0.5, 0.6) is 0 Å². The van der Waals surface area contributed by atoms with Crippen LogP contribution in [0.1, 0.15) is 40.7 Å². The van der Waals surface area contributed by atoms with E-state index in [1.165, 1.54) is 28.8 Å². The number of rotatable bonds is 7. The zero-order valence-corrected chi connectivity index (χ0v) is 16.3. The van der Waals surface area contributed by atoms with Gasteiger partial charge in [-0.05, 0) is 43.2 Å². The van der Waals surface area contributed by atoms with Crippen LogP contribution in [0.25, 0.3) is 0 Å². The van der Waals surface area contributed by atoms with Crippen molar-refractivity contribution in [3.63, 3.8) is 0 Å². The number of thioether (sulfide) groups is 1. The number of thiophene rings is 1. The summed E-state index contributed by atoms with van der Waals surface area (Å²) in [5, 5.41) is 21.3. The average molecular weight is 381 g/mol. The van der Waals surface area contributed by atoms with Crippen molar-refractivity contribution in [3.05, 3.63) is 63.6 Å². The molecule has 1 aliphatic carbocycles. The van der Waals surface area contributed by atoms with Crippen molar-refractivity contribution >= 4 is 23.1 Å². The Morgan fingerprint density at radius 3 is 2.73 bits per heavy atom. The van der Waals surface area contributed by atoms with Gasteiger partial charge in [0.05, 0.1) is 6.07 Å². The smallest absolute Gasteiger partial charge is 0.192 e. The fraction of sp³-hybridized carbons (Fsp3) is 0.350. The number of hydrogen-bond acceptors (Lipinski definition) is 5. The highest BCUT2D eigenvalue weighted by atomic mass is 32.2. The van der Waals surface area contributed by atoms with Gasteiger partial charge in [-0.1, -0.05) is 47.7 Å². The Morgan fingerprint density at radius 1 is 1.27 bits per heavy atom. The first-order valence-corrected chi connectivity index (χ1v) is 10.6. The van der Waals surface area contributed by atoms with E-state index in [2.05, 4.69) is 69.5 Å². The van der Waals surface area contributed by atoms with E-state index in [0.29, 0.717) is 6.04 Å². The zero-order valence-electron chi connectivity index (χ0n) is 14.6. The monoisotopic (exact) mass is 380 g/mol. The SMILES string of the molecule is Cc1ccc(CC(C#N)Sc2nnc(Cc3cccs3)n2C2CC2)cc1. The second kappa shape index (κ2) is 7.65. The number of aryl methyl sites for hydroxylation is 1. The Labute approximate surface area is 161 Å². The van der Waals surface area contributed by atoms with Gasteiger partial charge in [-0.2, -0.15) is 5.26 Å². The van der Waals surface area contributed by atoms with E-state index in [0.717, 1.165) is 23.8 Å². The topological polar surface area (TPSA) is 54.5 Å². The quantitative estimate of drug-likeness (QED) is 0.553. The lowest BCUT2D eigenvalue weighted by atomic mass is 10.1. The minimum atomic E-state index is -0.158. The first kappa shape index (κ1) is 17.3. The van der Waals surface area contributed by atoms with Crippen LogP contribution in [-0.4, -0.2) is 20.0 Å². The van der Waals surface area contributed by atoms with Gasteiger partial charge in [0.2, 0.25) is 0 Å². The van der Waals surface area contributed by atoms with Crippen LogP contribution in [0.3, 0.4) is 0 Å². The minimum Gasteiger partial charge on any atom is -0.303 e. The molecule has 4 rings (SSSR count). The van der Waals surface area contributed by atoms with Gasteiger partial charge < -0.3 is 4.57 Å². The van der Waals surface area contributed by atoms with Gasteiger partial charge in [-0.15, -0.1) is 21.5 Å². The third-order valence-electron chi connectivity index (χ3n) is 4.49. The number of nitrogens with zero attached hydrogens (tertiary/aromatic N) is 4. The molecule has 1 atom stereocenters. The van der Waals surface area contributed by atoms with Gasteiger partial charge >= 0.3 is 0 Å². The van der Waals surface area contributed by atoms with Crippen LogP contribution in [0.4, 0.5) is 0 Å². The summed E-state index contributed by atoms with van der Waals surface area (Å²) in [5.74, 6) is 1.02. The molecule has 0 saturated heterocycles. The third kappa shape index (κ3) is 4.00. The van der Waals surface area contributed by atoms with E-state index in [4.69, 9.17) is 0 Å². The normalized spacial score (nSPS) is 14.9. The van der Waals surface area contributed by atoms with E-state index in [1.54, 1.807) is 23.1 Å². The maximum Gasteiger partial charge on any atom is 0.192 e. The molecule has 0 N–H and O–H groups in total. The molecule has 2 aromatic heterocycles. The molecule has 2 heterocycles. The molecular weight excluding hydrogens is 360 g/mol. The molecule has 0 amide bonds. The lowest BCUT2D eigenvalue weighted by Crippen LogP contribution is -2.08. The highest BCUT2D eigenvalue weighted by Crippen LogP contribution is 2.40. The van der Waals surface area contributed by atoms with Crippen molar-refractivity contribution in [2.24, 2.45) is 0 Å². The first-order chi connectivity index (χ1) is 12.7. The number of nitriles is 1. The Morgan fingerprint density at radius 2 is 2.08 bits per heavy atom. The standard InChI is InChI=1S/C20H20N4S2/c1-14-4-6-15(7-5-14)11-18(13-21)26-20-23-22-19(24(20)16-8-9-16)12-17-3-2-10-25-17/h2-7,10,16,18H,8-9,11-12H2,1H3. The van der Waals surface area contributed by atoms with E-state index >= 15 is 0 Å². The molecule has 1 fully saturated rings. The number of benzene rings is 1. The van der Waals surface area contributed by atoms with Crippen molar-refractivity contribution < 1.29 is 0 Å². The van der Waals surface area contributed by atoms with Crippen LogP contribution >= 0.6 is 23.1 Å². The summed E-state index contributed by atoms with van der Waals surface area (Å²) in [6, 6.07) is 15.6. The van der Waals surface area contributed by atoms with Gasteiger partial charge in [0.15, 0.2) is 5.16 Å². The molecular formula is C20H20N4S2. The molecule has 0 aliphatic heterocycles. The predicted molar refractivity (Wildman–Crippen MR) is 106 cm³/mol. The highest BCUT2D eigenvalue weighted by Gasteiger charge is 2.30. The molecule has 0 radical (unpaired) electrons. The number of aromatic nitrogens is 3. The number of hydrogen-bond donors (Lipinski definition) is 0. The first-order valence-electron chi connectivity index (χ1n) is 8.81. The summed E-state index contributed by atoms with van der Waals surface area (Å²) in [4.78, 5) is 1.30. The van der Waals surface area contributed by atoms with Gasteiger partial charge in [0.1, 0.15) is 11.1 Å². The fourth-order valence-corrected chi connectivity index (χ4v) is 4.70.